The molecule has 1 amide bonds. The average Bonchev–Trinajstić information content (AvgIpc) is 2.66. The molecule has 0 aliphatic carbocycles. The molecule has 0 aliphatic heterocycles. The SMILES string of the molecule is CCOc1ccc(NC(=O)Cn2nc(-c3ccccc3)ccc2=O)cc1. The first kappa shape index (κ1) is 17.4. The van der Waals surface area contributed by atoms with Crippen LogP contribution in [0, 0.1) is 0 Å². The zero-order chi connectivity index (χ0) is 18.4. The molecule has 1 N–H and O–H groups in total. The van der Waals surface area contributed by atoms with Gasteiger partial charge in [0.25, 0.3) is 5.56 Å². The minimum absolute atomic E-state index is 0.160. The van der Waals surface area contributed by atoms with Crippen molar-refractivity contribution in [3.8, 4) is 17.0 Å². The fourth-order valence-corrected chi connectivity index (χ4v) is 2.46. The van der Waals surface area contributed by atoms with E-state index in [9.17, 15) is 9.59 Å². The molecule has 3 aromatic rings. The molecule has 0 unspecified atom stereocenters. The molecule has 0 atom stereocenters. The van der Waals surface area contributed by atoms with E-state index in [1.807, 2.05) is 37.3 Å². The summed E-state index contributed by atoms with van der Waals surface area (Å²) in [6, 6.07) is 19.6. The molecule has 0 spiro atoms. The Bertz CT molecular complexity index is 935. The van der Waals surface area contributed by atoms with E-state index in [0.717, 1.165) is 16.0 Å². The topological polar surface area (TPSA) is 73.2 Å². The van der Waals surface area contributed by atoms with Crippen molar-refractivity contribution >= 4 is 11.6 Å². The summed E-state index contributed by atoms with van der Waals surface area (Å²) in [5, 5.41) is 7.04. The van der Waals surface area contributed by atoms with Crippen LogP contribution in [0.1, 0.15) is 6.92 Å². The molecule has 0 aliphatic rings. The number of carbonyl (C=O) groups excluding carboxylic acids is 1. The molecule has 1 heterocycles. The third-order valence-corrected chi connectivity index (χ3v) is 3.68. The molecular formula is C20H19N3O3. The van der Waals surface area contributed by atoms with E-state index in [-0.39, 0.29) is 18.0 Å². The summed E-state index contributed by atoms with van der Waals surface area (Å²) in [6.07, 6.45) is 0. The van der Waals surface area contributed by atoms with Crippen molar-refractivity contribution in [1.29, 1.82) is 0 Å². The van der Waals surface area contributed by atoms with Gasteiger partial charge >= 0.3 is 0 Å². The number of aromatic nitrogens is 2. The molecule has 3 rings (SSSR count). The van der Waals surface area contributed by atoms with Crippen LogP contribution in [-0.2, 0) is 11.3 Å². The van der Waals surface area contributed by atoms with Gasteiger partial charge in [-0.1, -0.05) is 30.3 Å². The number of hydrogen-bond donors (Lipinski definition) is 1. The highest BCUT2D eigenvalue weighted by atomic mass is 16.5. The number of anilines is 1. The van der Waals surface area contributed by atoms with Gasteiger partial charge in [0.05, 0.1) is 12.3 Å². The van der Waals surface area contributed by atoms with Crippen LogP contribution in [0.4, 0.5) is 5.69 Å². The molecule has 0 saturated carbocycles. The fraction of sp³-hybridized carbons (Fsp3) is 0.150. The minimum atomic E-state index is -0.327. The monoisotopic (exact) mass is 349 g/mol. The number of nitrogens with zero attached hydrogens (tertiary/aromatic N) is 2. The molecule has 6 heteroatoms. The van der Waals surface area contributed by atoms with Crippen molar-refractivity contribution in [2.45, 2.75) is 13.5 Å². The zero-order valence-electron chi connectivity index (χ0n) is 14.4. The Morgan fingerprint density at radius 2 is 1.77 bits per heavy atom. The Labute approximate surface area is 151 Å². The van der Waals surface area contributed by atoms with Crippen molar-refractivity contribution in [2.24, 2.45) is 0 Å². The van der Waals surface area contributed by atoms with Gasteiger partial charge in [0.2, 0.25) is 5.91 Å². The minimum Gasteiger partial charge on any atom is -0.494 e. The van der Waals surface area contributed by atoms with Crippen molar-refractivity contribution in [3.63, 3.8) is 0 Å². The van der Waals surface area contributed by atoms with E-state index >= 15 is 0 Å². The highest BCUT2D eigenvalue weighted by Crippen LogP contribution is 2.16. The summed E-state index contributed by atoms with van der Waals surface area (Å²) < 4.78 is 6.52. The smallest absolute Gasteiger partial charge is 0.267 e. The van der Waals surface area contributed by atoms with Gasteiger partial charge < -0.3 is 10.1 Å². The normalized spacial score (nSPS) is 10.3. The number of rotatable bonds is 6. The lowest BCUT2D eigenvalue weighted by atomic mass is 10.1. The Kier molecular flexibility index (Phi) is 5.43. The summed E-state index contributed by atoms with van der Waals surface area (Å²) in [5.74, 6) is 0.410. The van der Waals surface area contributed by atoms with Crippen molar-refractivity contribution in [2.75, 3.05) is 11.9 Å². The lowest BCUT2D eigenvalue weighted by molar-refractivity contribution is -0.117. The summed E-state index contributed by atoms with van der Waals surface area (Å²) in [7, 11) is 0. The van der Waals surface area contributed by atoms with Gasteiger partial charge in [-0.2, -0.15) is 5.10 Å². The standard InChI is InChI=1S/C20H19N3O3/c1-2-26-17-10-8-16(9-11-17)21-19(24)14-23-20(25)13-12-18(22-23)15-6-4-3-5-7-15/h3-13H,2,14H2,1H3,(H,21,24). The molecule has 6 nitrogen and oxygen atoms in total. The molecule has 0 saturated heterocycles. The first-order valence-electron chi connectivity index (χ1n) is 8.32. The average molecular weight is 349 g/mol. The number of carbonyl (C=O) groups is 1. The van der Waals surface area contributed by atoms with E-state index in [1.54, 1.807) is 30.3 Å². The highest BCUT2D eigenvalue weighted by molar-refractivity contribution is 5.90. The largest absolute Gasteiger partial charge is 0.494 e. The van der Waals surface area contributed by atoms with Crippen molar-refractivity contribution < 1.29 is 9.53 Å². The van der Waals surface area contributed by atoms with Gasteiger partial charge in [-0.3, -0.25) is 9.59 Å². The van der Waals surface area contributed by atoms with E-state index in [2.05, 4.69) is 10.4 Å². The third-order valence-electron chi connectivity index (χ3n) is 3.68. The molecule has 1 aromatic heterocycles. The maximum Gasteiger partial charge on any atom is 0.267 e. The van der Waals surface area contributed by atoms with Crippen LogP contribution in [0.3, 0.4) is 0 Å². The quantitative estimate of drug-likeness (QED) is 0.742. The first-order valence-corrected chi connectivity index (χ1v) is 8.32. The predicted octanol–water partition coefficient (Wildman–Crippen LogP) is 2.95. The number of ether oxygens (including phenoxy) is 1. The first-order chi connectivity index (χ1) is 12.7. The lowest BCUT2D eigenvalue weighted by Crippen LogP contribution is -2.29. The second kappa shape index (κ2) is 8.11. The zero-order valence-corrected chi connectivity index (χ0v) is 14.4. The van der Waals surface area contributed by atoms with Gasteiger partial charge in [0.15, 0.2) is 0 Å². The Hall–Kier alpha value is -3.41. The van der Waals surface area contributed by atoms with E-state index in [1.165, 1.54) is 6.07 Å². The van der Waals surface area contributed by atoms with Gasteiger partial charge in [-0.15, -0.1) is 0 Å². The van der Waals surface area contributed by atoms with E-state index in [0.29, 0.717) is 18.0 Å². The number of amides is 1. The van der Waals surface area contributed by atoms with Gasteiger partial charge in [-0.05, 0) is 37.3 Å². The van der Waals surface area contributed by atoms with Crippen LogP contribution >= 0.6 is 0 Å². The van der Waals surface area contributed by atoms with E-state index in [4.69, 9.17) is 4.74 Å². The summed E-state index contributed by atoms with van der Waals surface area (Å²) >= 11 is 0. The second-order valence-corrected chi connectivity index (χ2v) is 5.59. The highest BCUT2D eigenvalue weighted by Gasteiger charge is 2.08. The molecule has 132 valence electrons. The van der Waals surface area contributed by atoms with Gasteiger partial charge in [0.1, 0.15) is 12.3 Å². The van der Waals surface area contributed by atoms with Gasteiger partial charge in [0, 0.05) is 17.3 Å². The predicted molar refractivity (Wildman–Crippen MR) is 100 cm³/mol. The maximum absolute atomic E-state index is 12.3. The van der Waals surface area contributed by atoms with Crippen LogP contribution in [0.25, 0.3) is 11.3 Å². The van der Waals surface area contributed by atoms with Crippen LogP contribution in [0.15, 0.2) is 71.5 Å². The molecular weight excluding hydrogens is 330 g/mol. The molecule has 0 radical (unpaired) electrons. The Morgan fingerprint density at radius 3 is 2.46 bits per heavy atom. The lowest BCUT2D eigenvalue weighted by Gasteiger charge is -2.09. The van der Waals surface area contributed by atoms with Gasteiger partial charge in [-0.25, -0.2) is 4.68 Å². The van der Waals surface area contributed by atoms with Crippen LogP contribution in [-0.4, -0.2) is 22.3 Å². The number of benzene rings is 2. The molecule has 0 fully saturated rings. The van der Waals surface area contributed by atoms with Crippen molar-refractivity contribution in [3.05, 3.63) is 77.1 Å². The third kappa shape index (κ3) is 4.36. The molecule has 26 heavy (non-hydrogen) atoms. The summed E-state index contributed by atoms with van der Waals surface area (Å²) in [6.45, 7) is 2.33. The Morgan fingerprint density at radius 1 is 1.04 bits per heavy atom. The van der Waals surface area contributed by atoms with E-state index < -0.39 is 0 Å². The number of hydrogen-bond acceptors (Lipinski definition) is 4. The Balaban J connectivity index is 1.71. The summed E-state index contributed by atoms with van der Waals surface area (Å²) in [5.41, 5.74) is 1.82. The molecule has 2 aromatic carbocycles. The summed E-state index contributed by atoms with van der Waals surface area (Å²) in [4.78, 5) is 24.3. The maximum atomic E-state index is 12.3. The molecule has 0 bridgehead atoms. The van der Waals surface area contributed by atoms with Crippen LogP contribution < -0.4 is 15.6 Å². The van der Waals surface area contributed by atoms with Crippen molar-refractivity contribution in [1.82, 2.24) is 9.78 Å². The van der Waals surface area contributed by atoms with Crippen LogP contribution in [0.5, 0.6) is 5.75 Å². The second-order valence-electron chi connectivity index (χ2n) is 5.59. The van der Waals surface area contributed by atoms with Crippen LogP contribution in [0.2, 0.25) is 0 Å². The number of nitrogens with one attached hydrogen (secondary N) is 1. The fourth-order valence-electron chi connectivity index (χ4n) is 2.46.